The zero-order valence-corrected chi connectivity index (χ0v) is 13.4. The van der Waals surface area contributed by atoms with E-state index in [1.54, 1.807) is 6.07 Å². The maximum Gasteiger partial charge on any atom is 0.283 e. The van der Waals surface area contributed by atoms with E-state index in [4.69, 9.17) is 11.6 Å². The zero-order valence-electron chi connectivity index (χ0n) is 12.7. The van der Waals surface area contributed by atoms with E-state index in [0.717, 1.165) is 18.7 Å². The van der Waals surface area contributed by atoms with Gasteiger partial charge in [0, 0.05) is 26.2 Å². The highest BCUT2D eigenvalue weighted by atomic mass is 35.5. The lowest BCUT2D eigenvalue weighted by atomic mass is 10.2. The van der Waals surface area contributed by atoms with Gasteiger partial charge in [0.1, 0.15) is 10.7 Å². The lowest BCUT2D eigenvalue weighted by Gasteiger charge is -2.34. The summed E-state index contributed by atoms with van der Waals surface area (Å²) in [7, 11) is 2.04. The molecule has 6 heteroatoms. The van der Waals surface area contributed by atoms with Gasteiger partial charge in [-0.05, 0) is 25.6 Å². The van der Waals surface area contributed by atoms with Crippen molar-refractivity contribution in [2.75, 3.05) is 38.1 Å². The molecule has 0 N–H and O–H groups in total. The van der Waals surface area contributed by atoms with Crippen LogP contribution < -0.4 is 4.90 Å². The maximum atomic E-state index is 12.8. The number of imide groups is 1. The number of benzene rings is 1. The summed E-state index contributed by atoms with van der Waals surface area (Å²) in [4.78, 5) is 30.5. The molecule has 3 rings (SSSR count). The Morgan fingerprint density at radius 1 is 1.00 bits per heavy atom. The Labute approximate surface area is 134 Å². The zero-order chi connectivity index (χ0) is 15.9. The number of para-hydroxylation sites is 1. The minimum Gasteiger partial charge on any atom is -0.363 e. The number of piperazine rings is 1. The topological polar surface area (TPSA) is 43.9 Å². The Morgan fingerprint density at radius 3 is 2.27 bits per heavy atom. The molecule has 0 spiro atoms. The summed E-state index contributed by atoms with van der Waals surface area (Å²) in [6.45, 7) is 4.96. The van der Waals surface area contributed by atoms with Crippen molar-refractivity contribution < 1.29 is 9.59 Å². The Balaban J connectivity index is 1.92. The van der Waals surface area contributed by atoms with E-state index < -0.39 is 5.91 Å². The molecule has 2 amide bonds. The second kappa shape index (κ2) is 5.74. The van der Waals surface area contributed by atoms with E-state index in [9.17, 15) is 9.59 Å². The lowest BCUT2D eigenvalue weighted by Crippen LogP contribution is -2.46. The quantitative estimate of drug-likeness (QED) is 0.776. The minimum atomic E-state index is -0.435. The Hall–Kier alpha value is -1.85. The van der Waals surface area contributed by atoms with Crippen LogP contribution in [0.1, 0.15) is 5.56 Å². The minimum absolute atomic E-state index is 0.0257. The monoisotopic (exact) mass is 319 g/mol. The van der Waals surface area contributed by atoms with Crippen molar-refractivity contribution in [2.24, 2.45) is 0 Å². The fourth-order valence-electron chi connectivity index (χ4n) is 2.83. The summed E-state index contributed by atoms with van der Waals surface area (Å²) >= 11 is 6.20. The molecule has 0 atom stereocenters. The van der Waals surface area contributed by atoms with Gasteiger partial charge in [-0.25, -0.2) is 4.90 Å². The van der Waals surface area contributed by atoms with Gasteiger partial charge in [0.05, 0.1) is 5.69 Å². The fraction of sp³-hybridized carbons (Fsp3) is 0.375. The molecule has 2 heterocycles. The molecule has 22 heavy (non-hydrogen) atoms. The van der Waals surface area contributed by atoms with Gasteiger partial charge in [-0.15, -0.1) is 0 Å². The molecule has 0 bridgehead atoms. The van der Waals surface area contributed by atoms with Crippen molar-refractivity contribution in [3.8, 4) is 0 Å². The van der Waals surface area contributed by atoms with E-state index in [-0.39, 0.29) is 10.9 Å². The first-order chi connectivity index (χ1) is 10.5. The van der Waals surface area contributed by atoms with Crippen molar-refractivity contribution in [3.05, 3.63) is 40.6 Å². The number of hydrogen-bond donors (Lipinski definition) is 0. The normalized spacial score (nSPS) is 20.3. The first-order valence-corrected chi connectivity index (χ1v) is 7.66. The van der Waals surface area contributed by atoms with Crippen molar-refractivity contribution in [1.29, 1.82) is 0 Å². The molecular weight excluding hydrogens is 302 g/mol. The second-order valence-electron chi connectivity index (χ2n) is 5.69. The molecule has 0 radical (unpaired) electrons. The van der Waals surface area contributed by atoms with Gasteiger partial charge in [0.2, 0.25) is 0 Å². The molecule has 1 aromatic rings. The van der Waals surface area contributed by atoms with E-state index in [0.29, 0.717) is 24.5 Å². The number of rotatable bonds is 2. The van der Waals surface area contributed by atoms with Crippen LogP contribution in [0.15, 0.2) is 35.0 Å². The molecule has 1 aromatic carbocycles. The summed E-state index contributed by atoms with van der Waals surface area (Å²) in [5, 5.41) is 0.0257. The first kappa shape index (κ1) is 15.1. The van der Waals surface area contributed by atoms with E-state index >= 15 is 0 Å². The van der Waals surface area contributed by atoms with Crippen LogP contribution in [-0.4, -0.2) is 54.8 Å². The predicted octanol–water partition coefficient (Wildman–Crippen LogP) is 1.57. The van der Waals surface area contributed by atoms with Crippen LogP contribution in [0.2, 0.25) is 0 Å². The molecule has 0 saturated carbocycles. The van der Waals surface area contributed by atoms with Gasteiger partial charge in [-0.3, -0.25) is 9.59 Å². The van der Waals surface area contributed by atoms with Crippen molar-refractivity contribution in [1.82, 2.24) is 9.80 Å². The average Bonchev–Trinajstić information content (AvgIpc) is 2.72. The largest absolute Gasteiger partial charge is 0.363 e. The number of aryl methyl sites for hydroxylation is 1. The van der Waals surface area contributed by atoms with Gasteiger partial charge >= 0.3 is 0 Å². The molecular formula is C16H18ClN3O2. The maximum absolute atomic E-state index is 12.8. The van der Waals surface area contributed by atoms with Crippen molar-refractivity contribution >= 4 is 29.1 Å². The van der Waals surface area contributed by atoms with Crippen molar-refractivity contribution in [3.63, 3.8) is 0 Å². The van der Waals surface area contributed by atoms with Crippen LogP contribution in [0, 0.1) is 6.92 Å². The number of amides is 2. The highest BCUT2D eigenvalue weighted by Crippen LogP contribution is 2.32. The summed E-state index contributed by atoms with van der Waals surface area (Å²) in [6.07, 6.45) is 0. The van der Waals surface area contributed by atoms with Crippen LogP contribution in [0.5, 0.6) is 0 Å². The number of hydrogen-bond acceptors (Lipinski definition) is 4. The molecule has 1 fully saturated rings. The number of halogens is 1. The standard InChI is InChI=1S/C16H18ClN3O2/c1-11-5-3-4-6-12(11)20-15(21)13(17)14(16(20)22)19-9-7-18(2)8-10-19/h3-6H,7-10H2,1-2H3. The molecule has 0 aliphatic carbocycles. The van der Waals surface area contributed by atoms with E-state index in [1.807, 2.05) is 37.1 Å². The van der Waals surface area contributed by atoms with Gasteiger partial charge in [0.15, 0.2) is 0 Å². The number of carbonyl (C=O) groups is 2. The molecule has 5 nitrogen and oxygen atoms in total. The molecule has 2 aliphatic rings. The summed E-state index contributed by atoms with van der Waals surface area (Å²) in [5.41, 5.74) is 1.80. The highest BCUT2D eigenvalue weighted by molar-refractivity contribution is 6.52. The predicted molar refractivity (Wildman–Crippen MR) is 85.6 cm³/mol. The fourth-order valence-corrected chi connectivity index (χ4v) is 3.11. The summed E-state index contributed by atoms with van der Waals surface area (Å²) < 4.78 is 0. The number of likely N-dealkylation sites (N-methyl/N-ethyl adjacent to an activating group) is 1. The SMILES string of the molecule is Cc1ccccc1N1C(=O)C(Cl)=C(N2CCN(C)CC2)C1=O. The first-order valence-electron chi connectivity index (χ1n) is 7.28. The molecule has 2 aliphatic heterocycles. The van der Waals surface area contributed by atoms with Crippen LogP contribution in [-0.2, 0) is 9.59 Å². The third kappa shape index (κ3) is 2.40. The smallest absolute Gasteiger partial charge is 0.283 e. The number of nitrogens with zero attached hydrogens (tertiary/aromatic N) is 3. The lowest BCUT2D eigenvalue weighted by molar-refractivity contribution is -0.121. The van der Waals surface area contributed by atoms with Gasteiger partial charge in [0.25, 0.3) is 11.8 Å². The van der Waals surface area contributed by atoms with E-state index in [1.165, 1.54) is 4.90 Å². The average molecular weight is 320 g/mol. The summed E-state index contributed by atoms with van der Waals surface area (Å²) in [6, 6.07) is 7.32. The highest BCUT2D eigenvalue weighted by Gasteiger charge is 2.42. The molecule has 1 saturated heterocycles. The number of carbonyl (C=O) groups excluding carboxylic acids is 2. The Kier molecular flexibility index (Phi) is 3.93. The Bertz CT molecular complexity index is 663. The van der Waals surface area contributed by atoms with Crippen LogP contribution in [0.3, 0.4) is 0 Å². The third-order valence-corrected chi connectivity index (χ3v) is 4.52. The van der Waals surface area contributed by atoms with Gasteiger partial charge in [-0.1, -0.05) is 29.8 Å². The number of anilines is 1. The molecule has 0 aromatic heterocycles. The molecule has 116 valence electrons. The van der Waals surface area contributed by atoms with Crippen LogP contribution >= 0.6 is 11.6 Å². The van der Waals surface area contributed by atoms with E-state index in [2.05, 4.69) is 4.90 Å². The van der Waals surface area contributed by atoms with Crippen LogP contribution in [0.25, 0.3) is 0 Å². The molecule has 0 unspecified atom stereocenters. The van der Waals surface area contributed by atoms with Gasteiger partial charge < -0.3 is 9.80 Å². The van der Waals surface area contributed by atoms with Gasteiger partial charge in [-0.2, -0.15) is 0 Å². The Morgan fingerprint density at radius 2 is 1.64 bits per heavy atom. The summed E-state index contributed by atoms with van der Waals surface area (Å²) in [5.74, 6) is -0.760. The van der Waals surface area contributed by atoms with Crippen molar-refractivity contribution in [2.45, 2.75) is 6.92 Å². The third-order valence-electron chi connectivity index (χ3n) is 4.18. The van der Waals surface area contributed by atoms with Crippen LogP contribution in [0.4, 0.5) is 5.69 Å². The second-order valence-corrected chi connectivity index (χ2v) is 6.06.